The summed E-state index contributed by atoms with van der Waals surface area (Å²) in [6, 6.07) is 4.85. The molecule has 0 aliphatic carbocycles. The molecular weight excluding hydrogens is 505 g/mol. The molecule has 2 aromatic heterocycles. The van der Waals surface area contributed by atoms with E-state index < -0.39 is 11.7 Å². The lowest BCUT2D eigenvalue weighted by Gasteiger charge is -2.27. The van der Waals surface area contributed by atoms with Gasteiger partial charge in [-0.05, 0) is 31.0 Å². The molecule has 0 radical (unpaired) electrons. The van der Waals surface area contributed by atoms with Gasteiger partial charge < -0.3 is 24.4 Å². The van der Waals surface area contributed by atoms with E-state index in [9.17, 15) is 18.0 Å². The summed E-state index contributed by atoms with van der Waals surface area (Å²) in [5.41, 5.74) is -0.203. The van der Waals surface area contributed by atoms with Crippen molar-refractivity contribution in [1.82, 2.24) is 24.6 Å². The third-order valence-electron chi connectivity index (χ3n) is 6.53. The molecule has 0 unspecified atom stereocenters. The van der Waals surface area contributed by atoms with E-state index in [1.165, 1.54) is 13.3 Å². The molecule has 1 N–H and O–H groups in total. The van der Waals surface area contributed by atoms with Gasteiger partial charge in [-0.3, -0.25) is 9.48 Å². The number of aromatic nitrogens is 4. The average Bonchev–Trinajstić information content (AvgIpc) is 3.44. The third kappa shape index (κ3) is 5.58. The van der Waals surface area contributed by atoms with E-state index in [4.69, 9.17) is 14.2 Å². The molecule has 202 valence electrons. The normalized spacial score (nSPS) is 16.9. The number of nitrogens with zero attached hydrogens (tertiary/aromatic N) is 5. The van der Waals surface area contributed by atoms with Gasteiger partial charge in [-0.25, -0.2) is 9.97 Å². The number of hydrogen-bond acceptors (Lipinski definition) is 8. The van der Waals surface area contributed by atoms with Crippen molar-refractivity contribution in [2.24, 2.45) is 0 Å². The van der Waals surface area contributed by atoms with Crippen LogP contribution in [0.4, 0.5) is 24.8 Å². The van der Waals surface area contributed by atoms with Gasteiger partial charge in [0.05, 0.1) is 43.9 Å². The minimum absolute atomic E-state index is 0.0502. The Kier molecular flexibility index (Phi) is 7.47. The van der Waals surface area contributed by atoms with Crippen LogP contribution in [0.1, 0.15) is 34.8 Å². The van der Waals surface area contributed by atoms with Crippen LogP contribution in [0.25, 0.3) is 11.3 Å². The number of rotatable bonds is 6. The highest BCUT2D eigenvalue weighted by atomic mass is 19.4. The van der Waals surface area contributed by atoms with Gasteiger partial charge in [0.25, 0.3) is 5.91 Å². The molecule has 0 bridgehead atoms. The Hall–Kier alpha value is -3.71. The number of carbonyl (C=O) groups is 1. The zero-order valence-corrected chi connectivity index (χ0v) is 20.7. The number of ether oxygens (including phenoxy) is 3. The molecule has 0 spiro atoms. The number of benzene rings is 1. The lowest BCUT2D eigenvalue weighted by Crippen LogP contribution is -2.40. The van der Waals surface area contributed by atoms with Crippen molar-refractivity contribution in [2.45, 2.75) is 25.1 Å². The van der Waals surface area contributed by atoms with Crippen molar-refractivity contribution < 1.29 is 32.2 Å². The van der Waals surface area contributed by atoms with Crippen molar-refractivity contribution in [1.29, 1.82) is 0 Å². The van der Waals surface area contributed by atoms with E-state index in [0.717, 1.165) is 19.0 Å². The molecule has 1 amide bonds. The monoisotopic (exact) mass is 532 g/mol. The highest BCUT2D eigenvalue weighted by Crippen LogP contribution is 2.37. The summed E-state index contributed by atoms with van der Waals surface area (Å²) in [6.45, 7) is 3.10. The Morgan fingerprint density at radius 2 is 1.84 bits per heavy atom. The first-order valence-corrected chi connectivity index (χ1v) is 12.2. The lowest BCUT2D eigenvalue weighted by molar-refractivity contribution is -0.137. The number of morpholine rings is 1. The Morgan fingerprint density at radius 1 is 1.11 bits per heavy atom. The molecule has 5 rings (SSSR count). The SMILES string of the molecule is COc1cc(C(=O)N2CCOCC2)ccc1Nc1ncc(C(F)(F)F)c(-c2cnn(C3CCOCC3)c2)n1. The first kappa shape index (κ1) is 25.9. The molecule has 13 heteroatoms. The number of anilines is 2. The van der Waals surface area contributed by atoms with Crippen LogP contribution in [0.15, 0.2) is 36.8 Å². The summed E-state index contributed by atoms with van der Waals surface area (Å²) >= 11 is 0. The largest absolute Gasteiger partial charge is 0.495 e. The van der Waals surface area contributed by atoms with Crippen molar-refractivity contribution in [3.63, 3.8) is 0 Å². The summed E-state index contributed by atoms with van der Waals surface area (Å²) in [5, 5.41) is 7.22. The predicted molar refractivity (Wildman–Crippen MR) is 130 cm³/mol. The minimum Gasteiger partial charge on any atom is -0.495 e. The van der Waals surface area contributed by atoms with Crippen molar-refractivity contribution in [3.8, 4) is 17.0 Å². The number of carbonyl (C=O) groups excluding carboxylic acids is 1. The maximum Gasteiger partial charge on any atom is 0.419 e. The predicted octanol–water partition coefficient (Wildman–Crippen LogP) is 3.94. The van der Waals surface area contributed by atoms with E-state index in [1.54, 1.807) is 34.0 Å². The van der Waals surface area contributed by atoms with Gasteiger partial charge in [-0.15, -0.1) is 0 Å². The van der Waals surface area contributed by atoms with Crippen molar-refractivity contribution in [3.05, 3.63) is 47.9 Å². The second-order valence-corrected chi connectivity index (χ2v) is 8.95. The second-order valence-electron chi connectivity index (χ2n) is 8.95. The maximum absolute atomic E-state index is 13.8. The molecule has 2 fully saturated rings. The molecule has 0 saturated carbocycles. The molecule has 1 aromatic carbocycles. The van der Waals surface area contributed by atoms with Crippen LogP contribution < -0.4 is 10.1 Å². The Balaban J connectivity index is 1.42. The summed E-state index contributed by atoms with van der Waals surface area (Å²) < 4.78 is 59.3. The standard InChI is InChI=1S/C25H27F3N6O4/c1-36-21-12-16(23(35)33-6-10-38-11-7-33)2-3-20(21)31-24-29-14-19(25(26,27)28)22(32-24)17-13-30-34(15-17)18-4-8-37-9-5-18/h2-3,12-15,18H,4-11H2,1H3,(H,29,31,32). The Morgan fingerprint density at radius 3 is 2.55 bits per heavy atom. The third-order valence-corrected chi connectivity index (χ3v) is 6.53. The van der Waals surface area contributed by atoms with Gasteiger partial charge in [-0.2, -0.15) is 18.3 Å². The van der Waals surface area contributed by atoms with Crippen molar-refractivity contribution in [2.75, 3.05) is 51.9 Å². The van der Waals surface area contributed by atoms with Gasteiger partial charge in [0.1, 0.15) is 11.3 Å². The summed E-state index contributed by atoms with van der Waals surface area (Å²) in [4.78, 5) is 22.6. The molecule has 0 atom stereocenters. The molecule has 3 aromatic rings. The number of methoxy groups -OCH3 is 1. The molecule has 10 nitrogen and oxygen atoms in total. The molecule has 2 aliphatic rings. The fraction of sp³-hybridized carbons (Fsp3) is 0.440. The molecule has 2 saturated heterocycles. The zero-order chi connectivity index (χ0) is 26.7. The van der Waals surface area contributed by atoms with E-state index >= 15 is 0 Å². The van der Waals surface area contributed by atoms with E-state index in [2.05, 4.69) is 20.4 Å². The average molecular weight is 533 g/mol. The van der Waals surface area contributed by atoms with Gasteiger partial charge >= 0.3 is 6.18 Å². The second kappa shape index (κ2) is 11.0. The van der Waals surface area contributed by atoms with E-state index in [0.29, 0.717) is 56.5 Å². The minimum atomic E-state index is -4.66. The Bertz CT molecular complexity index is 1290. The fourth-order valence-corrected chi connectivity index (χ4v) is 4.48. The van der Waals surface area contributed by atoms with Gasteiger partial charge in [0.15, 0.2) is 0 Å². The lowest BCUT2D eigenvalue weighted by atomic mass is 10.1. The van der Waals surface area contributed by atoms with Crippen LogP contribution >= 0.6 is 0 Å². The molecule has 4 heterocycles. The topological polar surface area (TPSA) is 104 Å². The van der Waals surface area contributed by atoms with Crippen LogP contribution in [-0.2, 0) is 15.7 Å². The van der Waals surface area contributed by atoms with Crippen LogP contribution in [0, 0.1) is 0 Å². The first-order valence-electron chi connectivity index (χ1n) is 12.2. The van der Waals surface area contributed by atoms with Crippen molar-refractivity contribution >= 4 is 17.5 Å². The number of nitrogens with one attached hydrogen (secondary N) is 1. The number of halogens is 3. The maximum atomic E-state index is 13.8. The highest BCUT2D eigenvalue weighted by molar-refractivity contribution is 5.95. The van der Waals surface area contributed by atoms with E-state index in [-0.39, 0.29) is 29.2 Å². The summed E-state index contributed by atoms with van der Waals surface area (Å²) in [7, 11) is 1.44. The van der Waals surface area contributed by atoms with Gasteiger partial charge in [0.2, 0.25) is 5.95 Å². The molecule has 38 heavy (non-hydrogen) atoms. The zero-order valence-electron chi connectivity index (χ0n) is 20.7. The molecule has 2 aliphatic heterocycles. The van der Waals surface area contributed by atoms with Crippen LogP contribution in [0.2, 0.25) is 0 Å². The van der Waals surface area contributed by atoms with Crippen LogP contribution in [0.5, 0.6) is 5.75 Å². The van der Waals surface area contributed by atoms with E-state index in [1.807, 2.05) is 0 Å². The summed E-state index contributed by atoms with van der Waals surface area (Å²) in [6.07, 6.45) is 0.502. The molecular formula is C25H27F3N6O4. The Labute approximate surface area is 216 Å². The van der Waals surface area contributed by atoms with Crippen LogP contribution in [0.3, 0.4) is 0 Å². The smallest absolute Gasteiger partial charge is 0.419 e. The van der Waals surface area contributed by atoms with Crippen LogP contribution in [-0.4, -0.2) is 77.2 Å². The highest BCUT2D eigenvalue weighted by Gasteiger charge is 2.36. The first-order chi connectivity index (χ1) is 18.3. The number of hydrogen-bond donors (Lipinski definition) is 1. The van der Waals surface area contributed by atoms with Gasteiger partial charge in [-0.1, -0.05) is 0 Å². The summed E-state index contributed by atoms with van der Waals surface area (Å²) in [5.74, 6) is 0.103. The quantitative estimate of drug-likeness (QED) is 0.510. The number of amides is 1. The fourth-order valence-electron chi connectivity index (χ4n) is 4.48. The van der Waals surface area contributed by atoms with Gasteiger partial charge in [0, 0.05) is 49.8 Å². The number of alkyl halides is 3.